The van der Waals surface area contributed by atoms with Gasteiger partial charge in [0.25, 0.3) is 12.2 Å². The molecule has 15 heavy (non-hydrogen) atoms. The number of nitrogens with two attached hydrogens (primary N) is 2. The van der Waals surface area contributed by atoms with Crippen molar-refractivity contribution < 1.29 is 27.6 Å². The third-order valence-electron chi connectivity index (χ3n) is 0.577. The van der Waals surface area contributed by atoms with Gasteiger partial charge in [-0.05, 0) is 0 Å². The van der Waals surface area contributed by atoms with Crippen molar-refractivity contribution in [1.29, 1.82) is 0 Å². The highest BCUT2D eigenvalue weighted by atomic mass is 32.2. The predicted molar refractivity (Wildman–Crippen MR) is 50.5 cm³/mol. The molecular weight excluding hydrogens is 228 g/mol. The minimum Gasteiger partial charge on any atom is -0.748 e. The lowest BCUT2D eigenvalue weighted by molar-refractivity contribution is -0.456. The summed E-state index contributed by atoms with van der Waals surface area (Å²) in [6.45, 7) is 0. The molecule has 0 aliphatic carbocycles. The van der Waals surface area contributed by atoms with E-state index in [2.05, 4.69) is 14.9 Å². The van der Waals surface area contributed by atoms with Crippen molar-refractivity contribution in [3.05, 3.63) is 0 Å². The standard InChI is InChI=1S/C4H8N4O2.CH4O3S/c1-10-3(9)2-7-8-4(5)6;1-5(2,3)4/h2H,1H3,(H4,5,6,8);1H3,(H,2,3,4)/b7-2+;. The smallest absolute Gasteiger partial charge is 0.397 e. The fourth-order valence-corrected chi connectivity index (χ4v) is 0.218. The normalized spacial score (nSPS) is 10.1. The first-order chi connectivity index (χ1) is 6.66. The number of guanidine groups is 1. The van der Waals surface area contributed by atoms with Crippen LogP contribution in [0.1, 0.15) is 0 Å². The molecule has 0 bridgehead atoms. The van der Waals surface area contributed by atoms with Gasteiger partial charge in [-0.1, -0.05) is 5.10 Å². The second-order valence-electron chi connectivity index (χ2n) is 2.04. The monoisotopic (exact) mass is 240 g/mol. The summed E-state index contributed by atoms with van der Waals surface area (Å²) in [5.74, 6) is -0.704. The molecule has 0 heterocycles. The van der Waals surface area contributed by atoms with E-state index in [0.29, 0.717) is 6.26 Å². The molecule has 0 saturated carbocycles. The number of carbonyl (C=O) groups excluding carboxylic acids is 1. The van der Waals surface area contributed by atoms with Crippen molar-refractivity contribution >= 4 is 28.3 Å². The van der Waals surface area contributed by atoms with Gasteiger partial charge in [-0.2, -0.15) is 0 Å². The lowest BCUT2D eigenvalue weighted by atomic mass is 10.8. The molecule has 0 radical (unpaired) electrons. The topological polar surface area (TPSA) is 162 Å². The zero-order valence-corrected chi connectivity index (χ0v) is 8.95. The molecule has 0 aromatic carbocycles. The summed E-state index contributed by atoms with van der Waals surface area (Å²) in [5, 5.41) is 5.45. The van der Waals surface area contributed by atoms with E-state index in [1.807, 2.05) is 0 Å². The Balaban J connectivity index is 0. The van der Waals surface area contributed by atoms with Crippen molar-refractivity contribution in [2.24, 2.45) is 16.6 Å². The minimum absolute atomic E-state index is 0.153. The average Bonchev–Trinajstić information content (AvgIpc) is 2.00. The van der Waals surface area contributed by atoms with Crippen LogP contribution in [0.2, 0.25) is 0 Å². The number of rotatable bonds is 2. The number of carbonyl (C=O) groups is 1. The maximum atomic E-state index is 10.3. The number of hydrazone groups is 1. The third kappa shape index (κ3) is 32.9. The third-order valence-corrected chi connectivity index (χ3v) is 0.577. The molecule has 0 rings (SSSR count). The Morgan fingerprint density at radius 3 is 2.20 bits per heavy atom. The lowest BCUT2D eigenvalue weighted by Gasteiger charge is -1.90. The van der Waals surface area contributed by atoms with Crippen molar-refractivity contribution in [3.63, 3.8) is 0 Å². The van der Waals surface area contributed by atoms with Gasteiger partial charge in [0.1, 0.15) is 0 Å². The summed E-state index contributed by atoms with van der Waals surface area (Å²) in [6.07, 6.45) is 1.59. The van der Waals surface area contributed by atoms with E-state index in [1.54, 1.807) is 0 Å². The number of nitrogens with one attached hydrogen (secondary N) is 1. The molecule has 0 unspecified atom stereocenters. The Hall–Kier alpha value is -1.68. The van der Waals surface area contributed by atoms with Crippen LogP contribution in [0.3, 0.4) is 0 Å². The molecule has 5 N–H and O–H groups in total. The number of methoxy groups -OCH3 is 1. The molecule has 9 nitrogen and oxygen atoms in total. The Morgan fingerprint density at radius 2 is 1.93 bits per heavy atom. The van der Waals surface area contributed by atoms with E-state index < -0.39 is 16.1 Å². The maximum Gasteiger partial charge on any atom is 0.397 e. The first-order valence-corrected chi connectivity index (χ1v) is 5.14. The van der Waals surface area contributed by atoms with E-state index in [1.165, 1.54) is 7.11 Å². The Morgan fingerprint density at radius 1 is 1.53 bits per heavy atom. The van der Waals surface area contributed by atoms with Crippen molar-refractivity contribution in [2.75, 3.05) is 13.4 Å². The maximum absolute atomic E-state index is 10.3. The number of hydrogen-bond acceptors (Lipinski definition) is 6. The zero-order valence-electron chi connectivity index (χ0n) is 8.13. The van der Waals surface area contributed by atoms with Crippen molar-refractivity contribution in [2.45, 2.75) is 0 Å². The number of hydrogen-bond donors (Lipinski definition) is 3. The summed E-state index contributed by atoms with van der Waals surface area (Å²) in [7, 11) is -2.67. The summed E-state index contributed by atoms with van der Waals surface area (Å²) >= 11 is 0. The van der Waals surface area contributed by atoms with E-state index in [4.69, 9.17) is 24.4 Å². The van der Waals surface area contributed by atoms with Crippen molar-refractivity contribution in [1.82, 2.24) is 0 Å². The molecule has 10 heteroatoms. The number of ether oxygens (including phenoxy) is 1. The van der Waals surface area contributed by atoms with Crippen molar-refractivity contribution in [3.8, 4) is 0 Å². The largest absolute Gasteiger partial charge is 0.748 e. The molecule has 0 aliphatic heterocycles. The molecule has 0 aliphatic rings. The van der Waals surface area contributed by atoms with Crippen LogP contribution in [0, 0.1) is 0 Å². The predicted octanol–water partition coefficient (Wildman–Crippen LogP) is -4.34. The van der Waals surface area contributed by atoms with Crippen LogP contribution in [0.4, 0.5) is 0 Å². The second-order valence-corrected chi connectivity index (χ2v) is 3.45. The molecule has 0 spiro atoms. The fraction of sp³-hybridized carbons (Fsp3) is 0.400. The Kier molecular flexibility index (Phi) is 8.10. The Labute approximate surface area is 86.5 Å². The molecule has 0 fully saturated rings. The van der Waals surface area contributed by atoms with E-state index >= 15 is 0 Å². The van der Waals surface area contributed by atoms with Gasteiger partial charge in [-0.25, -0.2) is 13.2 Å². The molecule has 0 atom stereocenters. The molecular formula is C5H12N4O5S. The number of esters is 1. The van der Waals surface area contributed by atoms with Gasteiger partial charge in [0.2, 0.25) is 0 Å². The van der Waals surface area contributed by atoms with Crippen LogP contribution >= 0.6 is 0 Å². The highest BCUT2D eigenvalue weighted by molar-refractivity contribution is 7.84. The summed E-state index contributed by atoms with van der Waals surface area (Å²) in [4.78, 5) is 10.3. The van der Waals surface area contributed by atoms with Crippen LogP contribution in [0.25, 0.3) is 0 Å². The van der Waals surface area contributed by atoms with E-state index in [9.17, 15) is 4.79 Å². The fourth-order valence-electron chi connectivity index (χ4n) is 0.218. The first-order valence-electron chi connectivity index (χ1n) is 3.33. The SMILES string of the molecule is COC(=O)/C=[NH+]/N=C(N)N.CS(=O)(=O)[O-]. The van der Waals surface area contributed by atoms with Crippen LogP contribution in [0.5, 0.6) is 0 Å². The second kappa shape index (κ2) is 7.70. The summed E-state index contributed by atoms with van der Waals surface area (Å²) in [6, 6.07) is 0. The van der Waals surface area contributed by atoms with Crippen LogP contribution < -0.4 is 16.6 Å². The van der Waals surface area contributed by atoms with Crippen LogP contribution in [-0.2, 0) is 19.6 Å². The van der Waals surface area contributed by atoms with E-state index in [0.717, 1.165) is 6.21 Å². The lowest BCUT2D eigenvalue weighted by Crippen LogP contribution is -2.65. The van der Waals surface area contributed by atoms with E-state index in [-0.39, 0.29) is 5.96 Å². The highest BCUT2D eigenvalue weighted by Crippen LogP contribution is 1.59. The molecule has 0 amide bonds. The molecule has 88 valence electrons. The van der Waals surface area contributed by atoms with Gasteiger partial charge < -0.3 is 20.8 Å². The number of nitrogens with zero attached hydrogens (tertiary/aromatic N) is 1. The molecule has 0 saturated heterocycles. The average molecular weight is 240 g/mol. The van der Waals surface area contributed by atoms with Crippen LogP contribution in [0.15, 0.2) is 5.10 Å². The van der Waals surface area contributed by atoms with Gasteiger partial charge in [0.05, 0.1) is 17.2 Å². The zero-order chi connectivity index (χ0) is 12.5. The Bertz CT molecular complexity index is 334. The first kappa shape index (κ1) is 15.8. The van der Waals surface area contributed by atoms with Gasteiger partial charge in [-0.3, -0.25) is 0 Å². The van der Waals surface area contributed by atoms with Crippen LogP contribution in [-0.4, -0.2) is 44.5 Å². The van der Waals surface area contributed by atoms with Gasteiger partial charge >= 0.3 is 5.97 Å². The summed E-state index contributed by atoms with van der Waals surface area (Å²) in [5.41, 5.74) is 9.83. The minimum atomic E-state index is -3.92. The molecule has 0 aromatic rings. The van der Waals surface area contributed by atoms with Gasteiger partial charge in [0, 0.05) is 11.4 Å². The quantitative estimate of drug-likeness (QED) is 0.144. The molecule has 0 aromatic heterocycles. The highest BCUT2D eigenvalue weighted by Gasteiger charge is 1.95. The summed E-state index contributed by atoms with van der Waals surface area (Å²) < 4.78 is 31.5. The van der Waals surface area contributed by atoms with Gasteiger partial charge in [0.15, 0.2) is 0 Å². The van der Waals surface area contributed by atoms with Gasteiger partial charge in [-0.15, -0.1) is 0 Å².